The van der Waals surface area contributed by atoms with E-state index in [1.54, 1.807) is 5.94 Å². The van der Waals surface area contributed by atoms with Gasteiger partial charge in [-0.1, -0.05) is 11.6 Å². The Morgan fingerprint density at radius 1 is 1.55 bits per heavy atom. The standard InChI is InChI=1S/C7H3ClN2O/c8-7-3-6(10-9)2-1-5(7)4-11/h1-3H. The van der Waals surface area contributed by atoms with Crippen molar-refractivity contribution in [1.29, 1.82) is 0 Å². The number of hydrogen-bond donors (Lipinski definition) is 0. The molecule has 0 atom stereocenters. The largest absolute Gasteiger partial charge is 0.361 e. The van der Waals surface area contributed by atoms with Gasteiger partial charge in [0.2, 0.25) is 0 Å². The summed E-state index contributed by atoms with van der Waals surface area (Å²) < 4.78 is 0. The predicted molar refractivity (Wildman–Crippen MR) is 40.9 cm³/mol. The second kappa shape index (κ2) is 3.13. The molecule has 0 heterocycles. The van der Waals surface area contributed by atoms with Crippen molar-refractivity contribution in [2.24, 2.45) is 0 Å². The average molecular weight is 167 g/mol. The van der Waals surface area contributed by atoms with E-state index in [9.17, 15) is 4.79 Å². The van der Waals surface area contributed by atoms with Crippen LogP contribution in [0.3, 0.4) is 0 Å². The van der Waals surface area contributed by atoms with E-state index in [0.29, 0.717) is 5.71 Å². The van der Waals surface area contributed by atoms with Gasteiger partial charge in [0.15, 0.2) is 0 Å². The Balaban J connectivity index is 3.17. The quantitative estimate of drug-likeness (QED) is 0.302. The van der Waals surface area contributed by atoms with Crippen LogP contribution in [0.4, 0.5) is 0 Å². The minimum absolute atomic E-state index is 0.232. The lowest BCUT2D eigenvalue weighted by Gasteiger charge is -1.95. The lowest BCUT2D eigenvalue weighted by Crippen LogP contribution is -1.97. The highest BCUT2D eigenvalue weighted by Crippen LogP contribution is 2.16. The third-order valence-electron chi connectivity index (χ3n) is 1.18. The first kappa shape index (κ1) is 7.70. The molecule has 1 rings (SSSR count). The summed E-state index contributed by atoms with van der Waals surface area (Å²) in [7, 11) is 0. The molecule has 0 aromatic heterocycles. The molecule has 3 nitrogen and oxygen atoms in total. The van der Waals surface area contributed by atoms with E-state index >= 15 is 0 Å². The molecule has 0 aromatic rings. The summed E-state index contributed by atoms with van der Waals surface area (Å²) in [5.41, 5.74) is 8.87. The summed E-state index contributed by atoms with van der Waals surface area (Å²) >= 11 is 5.57. The fraction of sp³-hybridized carbons (Fsp3) is 0. The number of nitrogens with zero attached hydrogens (tertiary/aromatic N) is 2. The zero-order valence-corrected chi connectivity index (χ0v) is 6.17. The summed E-state index contributed by atoms with van der Waals surface area (Å²) in [5, 5.41) is 0.232. The third-order valence-corrected chi connectivity index (χ3v) is 1.49. The van der Waals surface area contributed by atoms with Crippen molar-refractivity contribution in [2.75, 3.05) is 0 Å². The first-order valence-electron chi connectivity index (χ1n) is 2.80. The van der Waals surface area contributed by atoms with Crippen molar-refractivity contribution in [3.8, 4) is 0 Å². The molecule has 4 heteroatoms. The monoisotopic (exact) mass is 166 g/mol. The van der Waals surface area contributed by atoms with E-state index in [1.165, 1.54) is 18.2 Å². The highest BCUT2D eigenvalue weighted by atomic mass is 35.5. The van der Waals surface area contributed by atoms with Gasteiger partial charge in [-0.2, -0.15) is 4.79 Å². The SMILES string of the molecule is [N-]=[N+]=C1C=CC(=C=O)C(Cl)=C1. The smallest absolute Gasteiger partial charge is 0.316 e. The molecule has 0 radical (unpaired) electrons. The molecular weight excluding hydrogens is 164 g/mol. The fourth-order valence-electron chi connectivity index (χ4n) is 0.649. The number of hydrogen-bond acceptors (Lipinski definition) is 1. The van der Waals surface area contributed by atoms with E-state index < -0.39 is 0 Å². The average Bonchev–Trinajstić information content (AvgIpc) is 2.04. The van der Waals surface area contributed by atoms with E-state index in [0.717, 1.165) is 0 Å². The number of rotatable bonds is 0. The van der Waals surface area contributed by atoms with Gasteiger partial charge in [0, 0.05) is 12.2 Å². The molecule has 0 saturated heterocycles. The van der Waals surface area contributed by atoms with Crippen molar-refractivity contribution >= 4 is 23.3 Å². The maximum absolute atomic E-state index is 10.1. The highest BCUT2D eigenvalue weighted by molar-refractivity contribution is 6.35. The van der Waals surface area contributed by atoms with Gasteiger partial charge in [-0.05, 0) is 6.08 Å². The second-order valence-corrected chi connectivity index (χ2v) is 2.27. The molecule has 0 aliphatic heterocycles. The maximum atomic E-state index is 10.1. The highest BCUT2D eigenvalue weighted by Gasteiger charge is 2.11. The molecule has 0 fully saturated rings. The zero-order chi connectivity index (χ0) is 8.27. The Bertz CT molecular complexity index is 341. The third kappa shape index (κ3) is 1.54. The van der Waals surface area contributed by atoms with Crippen LogP contribution in [0.2, 0.25) is 0 Å². The summed E-state index contributed by atoms with van der Waals surface area (Å²) in [6.07, 6.45) is 4.28. The van der Waals surface area contributed by atoms with Crippen LogP contribution in [0.25, 0.3) is 5.53 Å². The van der Waals surface area contributed by atoms with Gasteiger partial charge < -0.3 is 5.53 Å². The summed E-state index contributed by atoms with van der Waals surface area (Å²) in [6.45, 7) is 0. The Kier molecular flexibility index (Phi) is 2.19. The Morgan fingerprint density at radius 3 is 2.73 bits per heavy atom. The van der Waals surface area contributed by atoms with Crippen LogP contribution >= 0.6 is 11.6 Å². The molecular formula is C7H3ClN2O. The molecule has 0 aromatic carbocycles. The first-order chi connectivity index (χ1) is 5.27. The van der Waals surface area contributed by atoms with E-state index in [2.05, 4.69) is 4.79 Å². The predicted octanol–water partition coefficient (Wildman–Crippen LogP) is 1.11. The lowest BCUT2D eigenvalue weighted by atomic mass is 10.1. The Labute approximate surface area is 67.9 Å². The zero-order valence-electron chi connectivity index (χ0n) is 5.41. The lowest BCUT2D eigenvalue weighted by molar-refractivity contribution is -0.00157. The molecule has 1 aliphatic carbocycles. The van der Waals surface area contributed by atoms with Crippen molar-refractivity contribution in [3.63, 3.8) is 0 Å². The van der Waals surface area contributed by atoms with Gasteiger partial charge in [0.25, 0.3) is 0 Å². The summed E-state index contributed by atoms with van der Waals surface area (Å²) in [5.74, 6) is 1.64. The Morgan fingerprint density at radius 2 is 2.27 bits per heavy atom. The van der Waals surface area contributed by atoms with E-state index in [-0.39, 0.29) is 10.6 Å². The number of halogens is 1. The molecule has 11 heavy (non-hydrogen) atoms. The molecule has 0 unspecified atom stereocenters. The van der Waals surface area contributed by atoms with Gasteiger partial charge >= 0.3 is 5.71 Å². The topological polar surface area (TPSA) is 53.5 Å². The Hall–Kier alpha value is -1.40. The van der Waals surface area contributed by atoms with Gasteiger partial charge in [-0.15, -0.1) is 0 Å². The normalized spacial score (nSPS) is 15.5. The van der Waals surface area contributed by atoms with Crippen LogP contribution in [0.5, 0.6) is 0 Å². The maximum Gasteiger partial charge on any atom is 0.316 e. The van der Waals surface area contributed by atoms with Crippen molar-refractivity contribution in [2.45, 2.75) is 0 Å². The molecule has 0 N–H and O–H groups in total. The van der Waals surface area contributed by atoms with Gasteiger partial charge in [-0.25, -0.2) is 4.79 Å². The minimum Gasteiger partial charge on any atom is -0.361 e. The number of allylic oxidation sites excluding steroid dienone is 5. The fourth-order valence-corrected chi connectivity index (χ4v) is 0.862. The van der Waals surface area contributed by atoms with Crippen molar-refractivity contribution < 1.29 is 9.58 Å². The molecule has 0 spiro atoms. The van der Waals surface area contributed by atoms with Crippen LogP contribution in [-0.4, -0.2) is 16.4 Å². The van der Waals surface area contributed by atoms with Crippen LogP contribution in [0.15, 0.2) is 28.8 Å². The van der Waals surface area contributed by atoms with E-state index in [4.69, 9.17) is 17.1 Å². The molecule has 1 aliphatic rings. The molecule has 0 saturated carbocycles. The van der Waals surface area contributed by atoms with Crippen molar-refractivity contribution in [1.82, 2.24) is 0 Å². The van der Waals surface area contributed by atoms with Crippen molar-refractivity contribution in [3.05, 3.63) is 34.4 Å². The van der Waals surface area contributed by atoms with Gasteiger partial charge in [0.05, 0.1) is 10.6 Å². The van der Waals surface area contributed by atoms with Crippen LogP contribution in [0, 0.1) is 0 Å². The first-order valence-corrected chi connectivity index (χ1v) is 3.18. The summed E-state index contributed by atoms with van der Waals surface area (Å²) in [4.78, 5) is 13.0. The van der Waals surface area contributed by atoms with Crippen LogP contribution < -0.4 is 0 Å². The molecule has 0 amide bonds. The van der Waals surface area contributed by atoms with Crippen LogP contribution in [0.1, 0.15) is 0 Å². The summed E-state index contributed by atoms with van der Waals surface area (Å²) in [6, 6.07) is 0. The number of carbonyl (C=O) groups excluding carboxylic acids is 1. The second-order valence-electron chi connectivity index (χ2n) is 1.87. The van der Waals surface area contributed by atoms with Gasteiger partial charge in [0.1, 0.15) is 5.94 Å². The molecule has 0 bridgehead atoms. The van der Waals surface area contributed by atoms with E-state index in [1.807, 2.05) is 0 Å². The minimum atomic E-state index is 0.232. The van der Waals surface area contributed by atoms with Gasteiger partial charge in [-0.3, -0.25) is 0 Å². The van der Waals surface area contributed by atoms with Crippen LogP contribution in [-0.2, 0) is 4.79 Å². The molecule has 54 valence electrons.